The molecular formula is C44H85NO7. The van der Waals surface area contributed by atoms with Crippen LogP contribution in [0.25, 0.3) is 0 Å². The average Bonchev–Trinajstić information content (AvgIpc) is 3.13. The highest BCUT2D eigenvalue weighted by Crippen LogP contribution is 2.18. The van der Waals surface area contributed by atoms with Crippen LogP contribution in [0.2, 0.25) is 0 Å². The smallest absolute Gasteiger partial charge is 0.306 e. The van der Waals surface area contributed by atoms with Gasteiger partial charge in [-0.2, -0.15) is 0 Å². The van der Waals surface area contributed by atoms with Gasteiger partial charge in [0.1, 0.15) is 19.3 Å². The lowest BCUT2D eigenvalue weighted by Crippen LogP contribution is -2.29. The van der Waals surface area contributed by atoms with Crippen LogP contribution in [0, 0.1) is 0 Å². The lowest BCUT2D eigenvalue weighted by atomic mass is 10.0. The molecule has 0 unspecified atom stereocenters. The highest BCUT2D eigenvalue weighted by molar-refractivity contribution is 5.70. The highest BCUT2D eigenvalue weighted by atomic mass is 16.6. The van der Waals surface area contributed by atoms with Crippen molar-refractivity contribution in [2.45, 2.75) is 226 Å². The van der Waals surface area contributed by atoms with Gasteiger partial charge < -0.3 is 24.2 Å². The van der Waals surface area contributed by atoms with Gasteiger partial charge in [0, 0.05) is 25.8 Å². The fraction of sp³-hybridized carbons (Fsp3) is 0.932. The van der Waals surface area contributed by atoms with E-state index in [-0.39, 0.29) is 43.8 Å². The first-order valence-electron chi connectivity index (χ1n) is 22.3. The van der Waals surface area contributed by atoms with E-state index in [2.05, 4.69) is 25.7 Å². The summed E-state index contributed by atoms with van der Waals surface area (Å²) < 4.78 is 16.4. The number of rotatable bonds is 41. The molecule has 0 aromatic rings. The third-order valence-electron chi connectivity index (χ3n) is 10.0. The summed E-state index contributed by atoms with van der Waals surface area (Å²) >= 11 is 0. The summed E-state index contributed by atoms with van der Waals surface area (Å²) in [4.78, 5) is 38.8. The summed E-state index contributed by atoms with van der Waals surface area (Å²) in [5.74, 6) is -0.463. The lowest BCUT2D eigenvalue weighted by Gasteiger charge is -2.21. The lowest BCUT2D eigenvalue weighted by molar-refractivity contribution is -0.152. The molecule has 0 aliphatic heterocycles. The Morgan fingerprint density at radius 3 is 1.21 bits per heavy atom. The second-order valence-electron chi connectivity index (χ2n) is 15.1. The minimum atomic E-state index is -0.242. The Kier molecular flexibility index (Phi) is 39.2. The summed E-state index contributed by atoms with van der Waals surface area (Å²) in [7, 11) is 0. The number of nitrogens with zero attached hydrogens (tertiary/aromatic N) is 1. The summed E-state index contributed by atoms with van der Waals surface area (Å²) in [5.41, 5.74) is 0. The van der Waals surface area contributed by atoms with E-state index in [1.807, 2.05) is 0 Å². The van der Waals surface area contributed by atoms with Gasteiger partial charge in [-0.1, -0.05) is 143 Å². The first kappa shape index (κ1) is 50.3. The molecule has 0 fully saturated rings. The van der Waals surface area contributed by atoms with E-state index in [0.29, 0.717) is 25.8 Å². The molecule has 1 N–H and O–H groups in total. The Labute approximate surface area is 321 Å². The number of hydrogen-bond acceptors (Lipinski definition) is 8. The van der Waals surface area contributed by atoms with Crippen molar-refractivity contribution in [1.82, 2.24) is 4.90 Å². The molecule has 8 heteroatoms. The molecule has 0 heterocycles. The van der Waals surface area contributed by atoms with Crippen molar-refractivity contribution in [2.75, 3.05) is 39.5 Å². The number of aliphatic hydroxyl groups is 1. The van der Waals surface area contributed by atoms with Crippen molar-refractivity contribution in [3.05, 3.63) is 0 Å². The van der Waals surface area contributed by atoms with Gasteiger partial charge in [0.15, 0.2) is 0 Å². The summed E-state index contributed by atoms with van der Waals surface area (Å²) in [6, 6.07) is 0. The number of carbonyl (C=O) groups is 3. The quantitative estimate of drug-likeness (QED) is 0.0375. The van der Waals surface area contributed by atoms with Crippen LogP contribution in [0.4, 0.5) is 0 Å². The normalized spacial score (nSPS) is 11.4. The fourth-order valence-corrected chi connectivity index (χ4v) is 6.71. The van der Waals surface area contributed by atoms with Crippen LogP contribution >= 0.6 is 0 Å². The van der Waals surface area contributed by atoms with Gasteiger partial charge in [0.2, 0.25) is 0 Å². The van der Waals surface area contributed by atoms with Crippen LogP contribution in [-0.4, -0.2) is 73.5 Å². The van der Waals surface area contributed by atoms with Crippen LogP contribution in [0.1, 0.15) is 220 Å². The van der Waals surface area contributed by atoms with E-state index in [9.17, 15) is 19.5 Å². The van der Waals surface area contributed by atoms with Gasteiger partial charge >= 0.3 is 17.9 Å². The summed E-state index contributed by atoms with van der Waals surface area (Å²) in [6.45, 7) is 9.63. The first-order valence-corrected chi connectivity index (χ1v) is 22.3. The Morgan fingerprint density at radius 1 is 0.442 bits per heavy atom. The molecule has 0 spiro atoms. The number of hydrogen-bond donors (Lipinski definition) is 1. The second kappa shape index (κ2) is 40.5. The largest absolute Gasteiger partial charge is 0.462 e. The molecular weight excluding hydrogens is 654 g/mol. The second-order valence-corrected chi connectivity index (χ2v) is 15.1. The van der Waals surface area contributed by atoms with Crippen molar-refractivity contribution in [2.24, 2.45) is 0 Å². The molecule has 0 rings (SSSR count). The zero-order valence-corrected chi connectivity index (χ0v) is 34.6. The van der Waals surface area contributed by atoms with E-state index < -0.39 is 0 Å². The monoisotopic (exact) mass is 740 g/mol. The molecule has 0 atom stereocenters. The maximum absolute atomic E-state index is 12.7. The van der Waals surface area contributed by atoms with Crippen LogP contribution in [0.3, 0.4) is 0 Å². The predicted octanol–water partition coefficient (Wildman–Crippen LogP) is 11.4. The zero-order chi connectivity index (χ0) is 38.2. The Bertz CT molecular complexity index is 777. The van der Waals surface area contributed by atoms with Gasteiger partial charge in [-0.15, -0.1) is 0 Å². The third kappa shape index (κ3) is 36.7. The van der Waals surface area contributed by atoms with E-state index >= 15 is 0 Å². The van der Waals surface area contributed by atoms with Crippen LogP contribution in [0.5, 0.6) is 0 Å². The molecule has 52 heavy (non-hydrogen) atoms. The topological polar surface area (TPSA) is 102 Å². The molecule has 0 amide bonds. The van der Waals surface area contributed by atoms with Crippen molar-refractivity contribution in [3.8, 4) is 0 Å². The molecule has 308 valence electrons. The fourth-order valence-electron chi connectivity index (χ4n) is 6.71. The van der Waals surface area contributed by atoms with Gasteiger partial charge in [0.25, 0.3) is 0 Å². The molecule has 0 bridgehead atoms. The third-order valence-corrected chi connectivity index (χ3v) is 10.0. The molecule has 0 aliphatic carbocycles. The minimum Gasteiger partial charge on any atom is -0.462 e. The highest BCUT2D eigenvalue weighted by Gasteiger charge is 2.14. The molecule has 0 aromatic carbocycles. The van der Waals surface area contributed by atoms with Crippen LogP contribution in [-0.2, 0) is 28.6 Å². The van der Waals surface area contributed by atoms with E-state index in [0.717, 1.165) is 90.1 Å². The summed E-state index contributed by atoms with van der Waals surface area (Å²) in [5, 5.41) is 9.52. The van der Waals surface area contributed by atoms with Crippen LogP contribution < -0.4 is 0 Å². The Balaban J connectivity index is 3.99. The average molecular weight is 740 g/mol. The van der Waals surface area contributed by atoms with Gasteiger partial charge in [-0.3, -0.25) is 14.4 Å². The number of aliphatic hydroxyl groups excluding tert-OH is 1. The van der Waals surface area contributed by atoms with E-state index in [1.165, 1.54) is 103 Å². The number of ether oxygens (including phenoxy) is 3. The van der Waals surface area contributed by atoms with E-state index in [4.69, 9.17) is 14.2 Å². The number of unbranched alkanes of at least 4 members (excludes halogenated alkanes) is 21. The van der Waals surface area contributed by atoms with Crippen molar-refractivity contribution >= 4 is 17.9 Å². The zero-order valence-electron chi connectivity index (χ0n) is 34.6. The molecule has 0 aromatic heterocycles. The minimum absolute atomic E-state index is 0.0102. The Morgan fingerprint density at radius 2 is 0.788 bits per heavy atom. The predicted molar refractivity (Wildman–Crippen MR) is 215 cm³/mol. The molecule has 0 saturated carbocycles. The van der Waals surface area contributed by atoms with Crippen molar-refractivity contribution < 1.29 is 33.7 Å². The number of carbonyl (C=O) groups excluding carboxylic acids is 3. The number of esters is 3. The van der Waals surface area contributed by atoms with Gasteiger partial charge in [-0.05, 0) is 70.9 Å². The van der Waals surface area contributed by atoms with Crippen molar-refractivity contribution in [1.29, 1.82) is 0 Å². The molecule has 8 nitrogen and oxygen atoms in total. The van der Waals surface area contributed by atoms with Crippen LogP contribution in [0.15, 0.2) is 0 Å². The van der Waals surface area contributed by atoms with Crippen molar-refractivity contribution in [3.63, 3.8) is 0 Å². The van der Waals surface area contributed by atoms with Gasteiger partial charge in [-0.25, -0.2) is 0 Å². The van der Waals surface area contributed by atoms with E-state index in [1.54, 1.807) is 0 Å². The maximum atomic E-state index is 12.7. The molecule has 0 radical (unpaired) electrons. The van der Waals surface area contributed by atoms with Gasteiger partial charge in [0.05, 0.1) is 6.61 Å². The molecule has 0 aliphatic rings. The summed E-state index contributed by atoms with van der Waals surface area (Å²) in [6.07, 6.45) is 33.4. The standard InChI is InChI=1S/C44H85NO7/c1-4-7-10-13-17-23-30-41(31-24-18-14-11-8-5-2)52-44(49)34-26-20-16-21-28-35-45(37-38-46)36-29-22-27-33-43(48)51-40-39-50-42(47)32-25-19-15-12-9-6-3/h41,46H,4-40H2,1-3H3. The Hall–Kier alpha value is -1.67. The molecule has 0 saturated heterocycles. The maximum Gasteiger partial charge on any atom is 0.306 e. The first-order chi connectivity index (χ1) is 25.5. The SMILES string of the molecule is CCCCCCCCC(=O)OCCOC(=O)CCCCCN(CCO)CCCCCCCC(=O)OC(CCCCCCCC)CCCCCCCC.